The molecule has 0 atom stereocenters. The molecule has 3 aromatic carbocycles. The van der Waals surface area contributed by atoms with Gasteiger partial charge in [-0.3, -0.25) is 9.36 Å². The van der Waals surface area contributed by atoms with Crippen LogP contribution < -0.4 is 5.56 Å². The van der Waals surface area contributed by atoms with E-state index >= 15 is 0 Å². The molecule has 0 saturated carbocycles. The molecule has 7 heteroatoms. The lowest BCUT2D eigenvalue weighted by molar-refractivity contribution is 0.0599. The molecule has 0 aliphatic heterocycles. The first-order valence-corrected chi connectivity index (χ1v) is 15.8. The van der Waals surface area contributed by atoms with Crippen molar-refractivity contribution in [1.82, 2.24) is 9.55 Å². The molecule has 0 amide bonds. The lowest BCUT2D eigenvalue weighted by Gasteiger charge is -2.18. The third kappa shape index (κ3) is 5.80. The lowest BCUT2D eigenvalue weighted by Crippen LogP contribution is -2.27. The van der Waals surface area contributed by atoms with Crippen LogP contribution in [0.2, 0.25) is 25.7 Å². The molecule has 0 unspecified atom stereocenters. The second-order valence-corrected chi connectivity index (χ2v) is 15.6. The molecule has 6 nitrogen and oxygen atoms in total. The molecule has 0 spiro atoms. The number of fused-ring (bicyclic) bond motifs is 1. The number of para-hydroxylation sites is 2. The fourth-order valence-electron chi connectivity index (χ4n) is 4.13. The van der Waals surface area contributed by atoms with Crippen molar-refractivity contribution in [3.63, 3.8) is 0 Å². The maximum atomic E-state index is 13.8. The SMILES string of the molecule is COC(=O)c1cccc(-c2nc3ccccc3n(COCC[Si](C)(C)C)c2=O)c1Cc1ccccc1. The summed E-state index contributed by atoms with van der Waals surface area (Å²) in [4.78, 5) is 31.3. The molecule has 0 saturated heterocycles. The van der Waals surface area contributed by atoms with Gasteiger partial charge < -0.3 is 9.47 Å². The van der Waals surface area contributed by atoms with Gasteiger partial charge in [0.1, 0.15) is 12.4 Å². The van der Waals surface area contributed by atoms with E-state index in [-0.39, 0.29) is 12.3 Å². The van der Waals surface area contributed by atoms with Crippen molar-refractivity contribution in [2.75, 3.05) is 13.7 Å². The number of carbonyl (C=O) groups excluding carboxylic acids is 1. The standard InChI is InChI=1S/C29H32N2O4Si/c1-34-29(33)23-14-10-13-22(24(23)19-21-11-6-5-7-12-21)27-28(32)31(20-35-17-18-36(2,3)4)26-16-9-8-15-25(26)30-27/h5-16H,17-20H2,1-4H3. The first-order valence-electron chi connectivity index (χ1n) is 12.1. The molecule has 1 aromatic heterocycles. The Bertz CT molecular complexity index is 1430. The van der Waals surface area contributed by atoms with Gasteiger partial charge in [-0.25, -0.2) is 9.78 Å². The predicted octanol–water partition coefficient (Wildman–Crippen LogP) is 5.75. The van der Waals surface area contributed by atoms with E-state index in [4.69, 9.17) is 14.5 Å². The Morgan fingerprint density at radius 3 is 2.39 bits per heavy atom. The second-order valence-electron chi connectivity index (χ2n) is 10.0. The summed E-state index contributed by atoms with van der Waals surface area (Å²) in [6, 6.07) is 23.8. The van der Waals surface area contributed by atoms with Gasteiger partial charge >= 0.3 is 5.97 Å². The number of hydrogen-bond donors (Lipinski definition) is 0. The fraction of sp³-hybridized carbons (Fsp3) is 0.276. The molecule has 1 heterocycles. The highest BCUT2D eigenvalue weighted by Gasteiger charge is 2.21. The second kappa shape index (κ2) is 11.0. The maximum absolute atomic E-state index is 13.8. The van der Waals surface area contributed by atoms with Gasteiger partial charge in [-0.15, -0.1) is 0 Å². The number of carbonyl (C=O) groups is 1. The van der Waals surface area contributed by atoms with E-state index in [0.29, 0.717) is 46.4 Å². The van der Waals surface area contributed by atoms with E-state index in [1.807, 2.05) is 60.7 Å². The molecule has 0 radical (unpaired) electrons. The third-order valence-electron chi connectivity index (χ3n) is 6.13. The van der Waals surface area contributed by atoms with Crippen LogP contribution in [0.25, 0.3) is 22.3 Å². The molecule has 0 fully saturated rings. The highest BCUT2D eigenvalue weighted by molar-refractivity contribution is 6.76. The number of nitrogens with zero attached hydrogens (tertiary/aromatic N) is 2. The molecule has 186 valence electrons. The van der Waals surface area contributed by atoms with Crippen LogP contribution in [0.1, 0.15) is 21.5 Å². The molecule has 4 rings (SSSR count). The van der Waals surface area contributed by atoms with Gasteiger partial charge in [-0.2, -0.15) is 0 Å². The minimum absolute atomic E-state index is 0.143. The van der Waals surface area contributed by atoms with Crippen molar-refractivity contribution in [3.8, 4) is 11.3 Å². The largest absolute Gasteiger partial charge is 0.465 e. The van der Waals surface area contributed by atoms with Crippen LogP contribution >= 0.6 is 0 Å². The van der Waals surface area contributed by atoms with Crippen LogP contribution in [-0.2, 0) is 22.6 Å². The van der Waals surface area contributed by atoms with E-state index in [1.165, 1.54) is 7.11 Å². The summed E-state index contributed by atoms with van der Waals surface area (Å²) in [5.41, 5.74) is 4.22. The highest BCUT2D eigenvalue weighted by atomic mass is 28.3. The van der Waals surface area contributed by atoms with Gasteiger partial charge in [0, 0.05) is 20.2 Å². The number of methoxy groups -OCH3 is 1. The maximum Gasteiger partial charge on any atom is 0.338 e. The van der Waals surface area contributed by atoms with Crippen LogP contribution in [0.15, 0.2) is 77.6 Å². The van der Waals surface area contributed by atoms with Crippen molar-refractivity contribution in [1.29, 1.82) is 0 Å². The average molecular weight is 501 g/mol. The molecule has 36 heavy (non-hydrogen) atoms. The predicted molar refractivity (Wildman–Crippen MR) is 146 cm³/mol. The van der Waals surface area contributed by atoms with Crippen molar-refractivity contribution in [2.45, 2.75) is 38.8 Å². The molecule has 0 N–H and O–H groups in total. The minimum Gasteiger partial charge on any atom is -0.465 e. The Balaban J connectivity index is 1.85. The van der Waals surface area contributed by atoms with Crippen molar-refractivity contribution < 1.29 is 14.3 Å². The summed E-state index contributed by atoms with van der Waals surface area (Å²) in [6.07, 6.45) is 0.460. The zero-order valence-corrected chi connectivity index (χ0v) is 22.3. The average Bonchev–Trinajstić information content (AvgIpc) is 2.87. The van der Waals surface area contributed by atoms with Gasteiger partial charge in [0.25, 0.3) is 5.56 Å². The van der Waals surface area contributed by atoms with Gasteiger partial charge in [0.05, 0.1) is 23.7 Å². The van der Waals surface area contributed by atoms with Crippen LogP contribution in [0.3, 0.4) is 0 Å². The number of esters is 1. The highest BCUT2D eigenvalue weighted by Crippen LogP contribution is 2.28. The lowest BCUT2D eigenvalue weighted by atomic mass is 9.93. The quantitative estimate of drug-likeness (QED) is 0.166. The van der Waals surface area contributed by atoms with Gasteiger partial charge in [-0.05, 0) is 41.8 Å². The van der Waals surface area contributed by atoms with E-state index in [1.54, 1.807) is 16.7 Å². The van der Waals surface area contributed by atoms with E-state index in [2.05, 4.69) is 19.6 Å². The van der Waals surface area contributed by atoms with Gasteiger partial charge in [0.2, 0.25) is 0 Å². The minimum atomic E-state index is -1.26. The number of aromatic nitrogens is 2. The molecule has 0 aliphatic rings. The van der Waals surface area contributed by atoms with Crippen molar-refractivity contribution in [3.05, 3.63) is 99.8 Å². The van der Waals surface area contributed by atoms with Crippen molar-refractivity contribution in [2.24, 2.45) is 0 Å². The topological polar surface area (TPSA) is 70.4 Å². The van der Waals surface area contributed by atoms with Crippen LogP contribution in [0.5, 0.6) is 0 Å². The van der Waals surface area contributed by atoms with E-state index < -0.39 is 14.0 Å². The summed E-state index contributed by atoms with van der Waals surface area (Å²) < 4.78 is 12.7. The van der Waals surface area contributed by atoms with Crippen LogP contribution in [0, 0.1) is 0 Å². The summed E-state index contributed by atoms with van der Waals surface area (Å²) in [7, 11) is 0.101. The zero-order valence-electron chi connectivity index (χ0n) is 21.3. The molecule has 0 bridgehead atoms. The summed E-state index contributed by atoms with van der Waals surface area (Å²) in [5.74, 6) is -0.446. The fourth-order valence-corrected chi connectivity index (χ4v) is 4.89. The Morgan fingerprint density at radius 1 is 0.944 bits per heavy atom. The number of hydrogen-bond acceptors (Lipinski definition) is 5. The number of rotatable bonds is 9. The Kier molecular flexibility index (Phi) is 7.81. The van der Waals surface area contributed by atoms with Gasteiger partial charge in [-0.1, -0.05) is 74.2 Å². The van der Waals surface area contributed by atoms with E-state index in [9.17, 15) is 9.59 Å². The Labute approximate surface area is 212 Å². The third-order valence-corrected chi connectivity index (χ3v) is 7.83. The molecule has 0 aliphatic carbocycles. The summed E-state index contributed by atoms with van der Waals surface area (Å²) in [5, 5.41) is 0. The smallest absolute Gasteiger partial charge is 0.338 e. The van der Waals surface area contributed by atoms with E-state index in [0.717, 1.165) is 11.6 Å². The van der Waals surface area contributed by atoms with Gasteiger partial charge in [0.15, 0.2) is 0 Å². The normalized spacial score (nSPS) is 11.6. The molecular formula is C29H32N2O4Si. The number of ether oxygens (including phenoxy) is 2. The summed E-state index contributed by atoms with van der Waals surface area (Å²) in [6.45, 7) is 7.64. The monoisotopic (exact) mass is 500 g/mol. The van der Waals surface area contributed by atoms with Crippen LogP contribution in [0.4, 0.5) is 0 Å². The Morgan fingerprint density at radius 2 is 1.67 bits per heavy atom. The first-order chi connectivity index (χ1) is 17.3. The summed E-state index contributed by atoms with van der Waals surface area (Å²) >= 11 is 0. The van der Waals surface area contributed by atoms with Crippen molar-refractivity contribution >= 4 is 25.1 Å². The Hall–Kier alpha value is -3.55. The molecular weight excluding hydrogens is 468 g/mol. The first kappa shape index (κ1) is 25.5. The van der Waals surface area contributed by atoms with Crippen LogP contribution in [-0.4, -0.2) is 37.3 Å². The number of benzene rings is 3. The zero-order chi connectivity index (χ0) is 25.7. The molecule has 4 aromatic rings.